The van der Waals surface area contributed by atoms with Gasteiger partial charge in [0.15, 0.2) is 16.1 Å². The average Bonchev–Trinajstić information content (AvgIpc) is 3.63. The molecule has 11 heteroatoms. The minimum Gasteiger partial charge on any atom is -0.306 e. The quantitative estimate of drug-likeness (QED) is 0.140. The third-order valence-electron chi connectivity index (χ3n) is 6.71. The number of benzene rings is 3. The third-order valence-corrected chi connectivity index (χ3v) is 9.14. The molecule has 0 saturated heterocycles. The predicted molar refractivity (Wildman–Crippen MR) is 176 cm³/mol. The summed E-state index contributed by atoms with van der Waals surface area (Å²) in [6.45, 7) is 3.04. The van der Waals surface area contributed by atoms with Gasteiger partial charge in [-0.1, -0.05) is 102 Å². The number of rotatable bonds is 10. The molecule has 0 spiro atoms. The summed E-state index contributed by atoms with van der Waals surface area (Å²) in [4.78, 5) is 3.98. The minimum absolute atomic E-state index is 0.309. The predicted octanol–water partition coefficient (Wildman–Crippen LogP) is 8.14. The number of hydrogen-bond acceptors (Lipinski definition) is 7. The Labute approximate surface area is 270 Å². The maximum Gasteiger partial charge on any atom is 0.191 e. The van der Waals surface area contributed by atoms with Crippen molar-refractivity contribution in [3.63, 3.8) is 0 Å². The molecule has 0 radical (unpaired) electrons. The first-order chi connectivity index (χ1) is 21.5. The zero-order chi connectivity index (χ0) is 30.7. The molecule has 3 aromatic heterocycles. The van der Waals surface area contributed by atoms with Gasteiger partial charge in [0.05, 0.1) is 0 Å². The normalized spacial score (nSPS) is 10.8. The van der Waals surface area contributed by atoms with Gasteiger partial charge < -0.3 is 9.13 Å². The largest absolute Gasteiger partial charge is 0.306 e. The number of hydrogen-bond donors (Lipinski definition) is 0. The Morgan fingerprint density at radius 2 is 1.39 bits per heavy atom. The highest BCUT2D eigenvalue weighted by Crippen LogP contribution is 2.29. The molecule has 0 aliphatic heterocycles. The van der Waals surface area contributed by atoms with Gasteiger partial charge in [0, 0.05) is 60.1 Å². The van der Waals surface area contributed by atoms with E-state index in [1.165, 1.54) is 29.0 Å². The van der Waals surface area contributed by atoms with Crippen LogP contribution in [0.3, 0.4) is 0 Å². The molecule has 0 bridgehead atoms. The van der Waals surface area contributed by atoms with Crippen molar-refractivity contribution in [3.05, 3.63) is 137 Å². The lowest BCUT2D eigenvalue weighted by molar-refractivity contribution is 0.617. The van der Waals surface area contributed by atoms with E-state index in [1.807, 2.05) is 35.9 Å². The topological polar surface area (TPSA) is 74.3 Å². The summed E-state index contributed by atoms with van der Waals surface area (Å²) in [7, 11) is 1.88. The fraction of sp³-hybridized carbons (Fsp3) is 0.182. The smallest absolute Gasteiger partial charge is 0.191 e. The summed E-state index contributed by atoms with van der Waals surface area (Å²) in [5, 5.41) is 19.2. The van der Waals surface area contributed by atoms with E-state index in [9.17, 15) is 4.39 Å². The molecule has 0 atom stereocenters. The van der Waals surface area contributed by atoms with Crippen LogP contribution in [0, 0.1) is 5.82 Å². The van der Waals surface area contributed by atoms with Crippen LogP contribution >= 0.6 is 35.1 Å². The van der Waals surface area contributed by atoms with E-state index in [0.717, 1.165) is 41.1 Å². The fourth-order valence-corrected chi connectivity index (χ4v) is 6.61. The van der Waals surface area contributed by atoms with E-state index in [4.69, 9.17) is 11.6 Å². The van der Waals surface area contributed by atoms with Gasteiger partial charge in [-0.15, -0.1) is 20.4 Å². The van der Waals surface area contributed by atoms with Crippen LogP contribution in [-0.2, 0) is 31.5 Å². The number of nitrogens with zero attached hydrogens (tertiary/aromatic N) is 7. The van der Waals surface area contributed by atoms with Crippen LogP contribution in [0.4, 0.5) is 4.39 Å². The van der Waals surface area contributed by atoms with Crippen molar-refractivity contribution in [3.8, 4) is 11.4 Å². The van der Waals surface area contributed by atoms with E-state index >= 15 is 0 Å². The van der Waals surface area contributed by atoms with Crippen molar-refractivity contribution in [2.75, 3.05) is 0 Å². The van der Waals surface area contributed by atoms with Gasteiger partial charge in [-0.25, -0.2) is 4.39 Å². The number of aromatic nitrogens is 7. The Morgan fingerprint density at radius 1 is 0.727 bits per heavy atom. The van der Waals surface area contributed by atoms with Gasteiger partial charge in [-0.3, -0.25) is 4.98 Å². The number of thioether (sulfide) groups is 2. The highest BCUT2D eigenvalue weighted by atomic mass is 35.5. The van der Waals surface area contributed by atoms with Crippen molar-refractivity contribution in [2.24, 2.45) is 7.05 Å². The zero-order valence-electron chi connectivity index (χ0n) is 24.3. The van der Waals surface area contributed by atoms with Crippen molar-refractivity contribution in [1.29, 1.82) is 0 Å². The van der Waals surface area contributed by atoms with E-state index in [2.05, 4.69) is 85.4 Å². The van der Waals surface area contributed by atoms with Gasteiger partial charge in [0.25, 0.3) is 0 Å². The lowest BCUT2D eigenvalue weighted by Crippen LogP contribution is -2.04. The number of halogens is 2. The summed E-state index contributed by atoms with van der Waals surface area (Å²) in [6.07, 6.45) is 4.24. The van der Waals surface area contributed by atoms with Crippen molar-refractivity contribution in [1.82, 2.24) is 34.5 Å². The summed E-state index contributed by atoms with van der Waals surface area (Å²) in [5.41, 5.74) is 3.98. The molecule has 0 unspecified atom stereocenters. The molecule has 0 saturated carbocycles. The first-order valence-electron chi connectivity index (χ1n) is 14.0. The van der Waals surface area contributed by atoms with Crippen LogP contribution in [0.1, 0.15) is 29.4 Å². The molecule has 224 valence electrons. The standard InChI is InChI=1S/C18H19N3S.C15H12ClFN4S/c1-2-21-17(13-15-9-5-3-6-10-15)19-20-18(21)22-14-16-11-7-4-8-12-16;1-21-14(10-5-7-18-8-6-10)19-20-15(21)22-9-11-12(16)3-2-4-13(11)17/h3-12H,2,13-14H2,1H3;2-8H,9H2,1H3. The molecule has 44 heavy (non-hydrogen) atoms. The lowest BCUT2D eigenvalue weighted by atomic mass is 10.1. The first-order valence-corrected chi connectivity index (χ1v) is 16.4. The molecule has 0 fully saturated rings. The van der Waals surface area contributed by atoms with Gasteiger partial charge >= 0.3 is 0 Å². The van der Waals surface area contributed by atoms with Crippen LogP contribution in [0.25, 0.3) is 11.4 Å². The van der Waals surface area contributed by atoms with E-state index in [1.54, 1.807) is 36.3 Å². The van der Waals surface area contributed by atoms with Crippen LogP contribution < -0.4 is 0 Å². The molecular formula is C33H31ClFN7S2. The Kier molecular flexibility index (Phi) is 11.2. The highest BCUT2D eigenvalue weighted by molar-refractivity contribution is 7.98. The Morgan fingerprint density at radius 3 is 2.07 bits per heavy atom. The monoisotopic (exact) mass is 643 g/mol. The zero-order valence-corrected chi connectivity index (χ0v) is 26.7. The van der Waals surface area contributed by atoms with Crippen molar-refractivity contribution < 1.29 is 4.39 Å². The minimum atomic E-state index is -0.309. The molecular weight excluding hydrogens is 613 g/mol. The summed E-state index contributed by atoms with van der Waals surface area (Å²) >= 11 is 9.17. The second kappa shape index (κ2) is 15.7. The van der Waals surface area contributed by atoms with Gasteiger partial charge in [-0.05, 0) is 42.3 Å². The summed E-state index contributed by atoms with van der Waals surface area (Å²) < 4.78 is 17.9. The Bertz CT molecular complexity index is 1740. The van der Waals surface area contributed by atoms with E-state index in [0.29, 0.717) is 21.5 Å². The maximum absolute atomic E-state index is 13.8. The van der Waals surface area contributed by atoms with Crippen LogP contribution in [0.2, 0.25) is 5.02 Å². The highest BCUT2D eigenvalue weighted by Gasteiger charge is 2.14. The Balaban J connectivity index is 0.000000175. The fourth-order valence-electron chi connectivity index (χ4n) is 4.37. The molecule has 0 amide bonds. The van der Waals surface area contributed by atoms with Crippen molar-refractivity contribution in [2.45, 2.75) is 41.7 Å². The molecule has 3 aromatic carbocycles. The van der Waals surface area contributed by atoms with E-state index < -0.39 is 0 Å². The van der Waals surface area contributed by atoms with Gasteiger partial charge in [0.1, 0.15) is 11.6 Å². The van der Waals surface area contributed by atoms with Crippen molar-refractivity contribution >= 4 is 35.1 Å². The summed E-state index contributed by atoms with van der Waals surface area (Å²) in [6, 6.07) is 29.3. The SMILES string of the molecule is CCn1c(Cc2ccccc2)nnc1SCc1ccccc1.Cn1c(SCc2c(F)cccc2Cl)nnc1-c1ccncc1. The molecule has 0 N–H and O–H groups in total. The maximum atomic E-state index is 13.8. The first kappa shape index (κ1) is 31.4. The van der Waals surface area contributed by atoms with Gasteiger partial charge in [0.2, 0.25) is 0 Å². The lowest BCUT2D eigenvalue weighted by Gasteiger charge is -2.07. The van der Waals surface area contributed by atoms with Crippen LogP contribution in [0.15, 0.2) is 114 Å². The molecule has 0 aliphatic rings. The molecule has 7 nitrogen and oxygen atoms in total. The van der Waals surface area contributed by atoms with Gasteiger partial charge in [-0.2, -0.15) is 0 Å². The average molecular weight is 644 g/mol. The summed E-state index contributed by atoms with van der Waals surface area (Å²) in [5.74, 6) is 2.78. The second-order valence-electron chi connectivity index (χ2n) is 9.67. The van der Waals surface area contributed by atoms with Crippen LogP contribution in [-0.4, -0.2) is 34.5 Å². The third kappa shape index (κ3) is 8.13. The Hall–Kier alpha value is -3.99. The molecule has 3 heterocycles. The molecule has 6 aromatic rings. The van der Waals surface area contributed by atoms with E-state index in [-0.39, 0.29) is 5.82 Å². The molecule has 0 aliphatic carbocycles. The number of pyridine rings is 1. The second-order valence-corrected chi connectivity index (χ2v) is 12.0. The molecule has 6 rings (SSSR count). The van der Waals surface area contributed by atoms with Crippen LogP contribution in [0.5, 0.6) is 0 Å².